The molecule has 1 fully saturated rings. The van der Waals surface area contributed by atoms with Gasteiger partial charge in [-0.05, 0) is 45.2 Å². The van der Waals surface area contributed by atoms with Gasteiger partial charge in [0.25, 0.3) is 5.91 Å². The van der Waals surface area contributed by atoms with Crippen LogP contribution in [0.3, 0.4) is 0 Å². The number of aromatic nitrogens is 3. The molecule has 0 saturated heterocycles. The molecule has 1 N–H and O–H groups in total. The number of amides is 1. The normalized spacial score (nSPS) is 15.6. The molecule has 34 heavy (non-hydrogen) atoms. The fourth-order valence-corrected chi connectivity index (χ4v) is 4.45. The van der Waals surface area contributed by atoms with Gasteiger partial charge in [0, 0.05) is 12.1 Å². The fourth-order valence-electron chi connectivity index (χ4n) is 4.45. The van der Waals surface area contributed by atoms with Crippen LogP contribution in [0, 0.1) is 5.92 Å². The van der Waals surface area contributed by atoms with E-state index in [0.29, 0.717) is 17.4 Å². The molecule has 1 aliphatic rings. The largest absolute Gasteiger partial charge is 0.460 e. The average molecular weight is 471 g/mol. The van der Waals surface area contributed by atoms with Crippen molar-refractivity contribution in [2.45, 2.75) is 103 Å². The highest BCUT2D eigenvalue weighted by molar-refractivity contribution is 5.92. The van der Waals surface area contributed by atoms with Gasteiger partial charge in [0.15, 0.2) is 5.82 Å². The minimum absolute atomic E-state index is 0.125. The fraction of sp³-hybridized carbons (Fsp3) is 0.654. The smallest absolute Gasteiger partial charge is 0.307 e. The van der Waals surface area contributed by atoms with Gasteiger partial charge in [-0.15, -0.1) is 0 Å². The van der Waals surface area contributed by atoms with E-state index in [1.54, 1.807) is 24.4 Å². The van der Waals surface area contributed by atoms with E-state index < -0.39 is 5.60 Å². The molecular weight excluding hydrogens is 432 g/mol. The highest BCUT2D eigenvalue weighted by atomic mass is 16.6. The van der Waals surface area contributed by atoms with Crippen molar-refractivity contribution >= 4 is 11.9 Å². The maximum atomic E-state index is 12.5. The summed E-state index contributed by atoms with van der Waals surface area (Å²) in [6.45, 7) is 5.71. The van der Waals surface area contributed by atoms with Crippen molar-refractivity contribution in [3.8, 4) is 0 Å². The summed E-state index contributed by atoms with van der Waals surface area (Å²) in [5.74, 6) is 0.860. The summed E-state index contributed by atoms with van der Waals surface area (Å²) < 4.78 is 11.0. The molecule has 2 aromatic rings. The number of carbonyl (C=O) groups is 2. The first-order valence-electron chi connectivity index (χ1n) is 12.5. The second-order valence-corrected chi connectivity index (χ2v) is 10.2. The second kappa shape index (κ2) is 12.6. The molecule has 1 amide bonds. The van der Waals surface area contributed by atoms with E-state index in [2.05, 4.69) is 20.4 Å². The van der Waals surface area contributed by atoms with E-state index in [0.717, 1.165) is 25.2 Å². The standard InChI is InChI=1S/C26H38N4O4/c1-26(2,3)33-23(31)17-20(14-8-7-13-19-11-5-4-6-12-19)25-29-22(30-34-25)18-28-24(32)21-15-9-10-16-27-21/h9-10,15-16,19-20H,4-8,11-14,17-18H2,1-3H3,(H,28,32)/t20-/m1/s1. The molecule has 2 heterocycles. The van der Waals surface area contributed by atoms with Crippen molar-refractivity contribution in [2.24, 2.45) is 5.92 Å². The molecule has 0 spiro atoms. The van der Waals surface area contributed by atoms with Gasteiger partial charge in [-0.1, -0.05) is 62.6 Å². The van der Waals surface area contributed by atoms with Crippen LogP contribution in [0.2, 0.25) is 0 Å². The lowest BCUT2D eigenvalue weighted by atomic mass is 9.85. The lowest BCUT2D eigenvalue weighted by Crippen LogP contribution is -2.25. The Morgan fingerprint density at radius 1 is 1.18 bits per heavy atom. The van der Waals surface area contributed by atoms with Crippen LogP contribution in [-0.4, -0.2) is 32.6 Å². The molecule has 0 radical (unpaired) electrons. The van der Waals surface area contributed by atoms with E-state index in [4.69, 9.17) is 9.26 Å². The van der Waals surface area contributed by atoms with Crippen LogP contribution in [0.5, 0.6) is 0 Å². The SMILES string of the molecule is CC(C)(C)OC(=O)C[C@@H](CCCCC1CCCCC1)c1nc(CNC(=O)c2ccccn2)no1. The number of pyridine rings is 1. The molecule has 186 valence electrons. The van der Waals surface area contributed by atoms with Crippen LogP contribution in [-0.2, 0) is 16.1 Å². The number of esters is 1. The predicted octanol–water partition coefficient (Wildman–Crippen LogP) is 5.35. The molecule has 0 aromatic carbocycles. The quantitative estimate of drug-likeness (QED) is 0.348. The number of unbranched alkanes of at least 4 members (excludes halogenated alkanes) is 1. The molecular formula is C26H38N4O4. The molecule has 1 saturated carbocycles. The Bertz CT molecular complexity index is 901. The molecule has 2 aromatic heterocycles. The maximum Gasteiger partial charge on any atom is 0.307 e. The Hall–Kier alpha value is -2.77. The predicted molar refractivity (Wildman–Crippen MR) is 128 cm³/mol. The van der Waals surface area contributed by atoms with Crippen molar-refractivity contribution < 1.29 is 18.8 Å². The number of carbonyl (C=O) groups excluding carboxylic acids is 2. The van der Waals surface area contributed by atoms with E-state index >= 15 is 0 Å². The zero-order chi connectivity index (χ0) is 24.4. The average Bonchev–Trinajstić information content (AvgIpc) is 3.28. The summed E-state index contributed by atoms with van der Waals surface area (Å²) >= 11 is 0. The number of ether oxygens (including phenoxy) is 1. The van der Waals surface area contributed by atoms with Crippen LogP contribution in [0.25, 0.3) is 0 Å². The highest BCUT2D eigenvalue weighted by Gasteiger charge is 2.26. The van der Waals surface area contributed by atoms with Crippen LogP contribution < -0.4 is 5.32 Å². The lowest BCUT2D eigenvalue weighted by Gasteiger charge is -2.22. The summed E-state index contributed by atoms with van der Waals surface area (Å²) in [5, 5.41) is 6.76. The number of hydrogen-bond acceptors (Lipinski definition) is 7. The Kier molecular flexibility index (Phi) is 9.60. The first-order chi connectivity index (χ1) is 16.3. The van der Waals surface area contributed by atoms with Crippen LogP contribution in [0.15, 0.2) is 28.9 Å². The summed E-state index contributed by atoms with van der Waals surface area (Å²) in [5.41, 5.74) is -0.217. The number of rotatable bonds is 11. The Labute approximate surface area is 202 Å². The van der Waals surface area contributed by atoms with Gasteiger partial charge in [0.05, 0.1) is 13.0 Å². The minimum Gasteiger partial charge on any atom is -0.460 e. The third-order valence-electron chi connectivity index (χ3n) is 6.11. The van der Waals surface area contributed by atoms with Crippen molar-refractivity contribution in [1.82, 2.24) is 20.4 Å². The summed E-state index contributed by atoms with van der Waals surface area (Å²) in [4.78, 5) is 33.3. The van der Waals surface area contributed by atoms with Crippen molar-refractivity contribution in [3.63, 3.8) is 0 Å². The van der Waals surface area contributed by atoms with Gasteiger partial charge in [0.2, 0.25) is 5.89 Å². The van der Waals surface area contributed by atoms with Crippen molar-refractivity contribution in [3.05, 3.63) is 41.8 Å². The molecule has 3 rings (SSSR count). The van der Waals surface area contributed by atoms with E-state index in [1.165, 1.54) is 38.5 Å². The zero-order valence-corrected chi connectivity index (χ0v) is 20.7. The van der Waals surface area contributed by atoms with E-state index in [1.807, 2.05) is 20.8 Å². The monoisotopic (exact) mass is 470 g/mol. The molecule has 8 heteroatoms. The molecule has 0 aliphatic heterocycles. The van der Waals surface area contributed by atoms with Crippen molar-refractivity contribution in [1.29, 1.82) is 0 Å². The summed E-state index contributed by atoms with van der Waals surface area (Å²) in [7, 11) is 0. The summed E-state index contributed by atoms with van der Waals surface area (Å²) in [6.07, 6.45) is 12.7. The van der Waals surface area contributed by atoms with Crippen molar-refractivity contribution in [2.75, 3.05) is 0 Å². The Morgan fingerprint density at radius 2 is 1.97 bits per heavy atom. The zero-order valence-electron chi connectivity index (χ0n) is 20.7. The van der Waals surface area contributed by atoms with Crippen LogP contribution >= 0.6 is 0 Å². The van der Waals surface area contributed by atoms with E-state index in [9.17, 15) is 9.59 Å². The Balaban J connectivity index is 1.56. The van der Waals surface area contributed by atoms with Gasteiger partial charge in [0.1, 0.15) is 11.3 Å². The molecule has 0 unspecified atom stereocenters. The van der Waals surface area contributed by atoms with Gasteiger partial charge in [-0.3, -0.25) is 14.6 Å². The molecule has 8 nitrogen and oxygen atoms in total. The van der Waals surface area contributed by atoms with Gasteiger partial charge in [-0.2, -0.15) is 4.98 Å². The maximum absolute atomic E-state index is 12.5. The third-order valence-corrected chi connectivity index (χ3v) is 6.11. The molecule has 1 aliphatic carbocycles. The minimum atomic E-state index is -0.543. The Morgan fingerprint density at radius 3 is 2.68 bits per heavy atom. The topological polar surface area (TPSA) is 107 Å². The lowest BCUT2D eigenvalue weighted by molar-refractivity contribution is -0.155. The number of hydrogen-bond donors (Lipinski definition) is 1. The first kappa shape index (κ1) is 25.8. The second-order valence-electron chi connectivity index (χ2n) is 10.2. The number of nitrogens with zero attached hydrogens (tertiary/aromatic N) is 3. The van der Waals surface area contributed by atoms with Crippen LogP contribution in [0.1, 0.15) is 113 Å². The van der Waals surface area contributed by atoms with E-state index in [-0.39, 0.29) is 30.8 Å². The highest BCUT2D eigenvalue weighted by Crippen LogP contribution is 2.30. The van der Waals surface area contributed by atoms with Crippen LogP contribution in [0.4, 0.5) is 0 Å². The molecule has 1 atom stereocenters. The number of nitrogens with one attached hydrogen (secondary N) is 1. The van der Waals surface area contributed by atoms with Gasteiger partial charge in [-0.25, -0.2) is 0 Å². The van der Waals surface area contributed by atoms with Gasteiger partial charge < -0.3 is 14.6 Å². The summed E-state index contributed by atoms with van der Waals surface area (Å²) in [6, 6.07) is 5.15. The third kappa shape index (κ3) is 8.88. The molecule has 0 bridgehead atoms. The van der Waals surface area contributed by atoms with Gasteiger partial charge >= 0.3 is 5.97 Å². The first-order valence-corrected chi connectivity index (χ1v) is 12.5.